The molecule has 0 bridgehead atoms. The maximum absolute atomic E-state index is 12.5. The van der Waals surface area contributed by atoms with Crippen LogP contribution in [-0.2, 0) is 4.79 Å². The molecule has 7 nitrogen and oxygen atoms in total. The molecule has 0 aromatic heterocycles. The third-order valence-electron chi connectivity index (χ3n) is 4.18. The van der Waals surface area contributed by atoms with E-state index in [-0.39, 0.29) is 29.4 Å². The van der Waals surface area contributed by atoms with Crippen molar-refractivity contribution in [2.24, 2.45) is 5.73 Å². The Kier molecular flexibility index (Phi) is 6.25. The zero-order chi connectivity index (χ0) is 18.6. The average Bonchev–Trinajstić information content (AvgIpc) is 2.54. The van der Waals surface area contributed by atoms with Crippen molar-refractivity contribution in [3.63, 3.8) is 0 Å². The van der Waals surface area contributed by atoms with Gasteiger partial charge in [0, 0.05) is 38.8 Å². The van der Waals surface area contributed by atoms with Crippen LogP contribution in [0.15, 0.2) is 18.2 Å². The maximum atomic E-state index is 12.5. The predicted octanol–water partition coefficient (Wildman–Crippen LogP) is 2.30. The van der Waals surface area contributed by atoms with Crippen LogP contribution in [0.3, 0.4) is 0 Å². The number of hydrogen-bond donors (Lipinski definition) is 2. The fourth-order valence-electron chi connectivity index (χ4n) is 2.91. The van der Waals surface area contributed by atoms with E-state index in [0.29, 0.717) is 17.8 Å². The van der Waals surface area contributed by atoms with Crippen LogP contribution in [0.4, 0.5) is 10.5 Å². The monoisotopic (exact) mass is 366 g/mol. The van der Waals surface area contributed by atoms with Gasteiger partial charge in [0.15, 0.2) is 0 Å². The van der Waals surface area contributed by atoms with E-state index in [1.165, 1.54) is 4.90 Å². The first-order valence-corrected chi connectivity index (χ1v) is 8.54. The number of primary amides is 1. The molecule has 0 aliphatic carbocycles. The molecule has 1 fully saturated rings. The molecule has 8 heteroatoms. The molecule has 3 N–H and O–H groups in total. The lowest BCUT2D eigenvalue weighted by Gasteiger charge is -2.35. The second-order valence-corrected chi connectivity index (χ2v) is 6.74. The SMILES string of the molecule is CN(C)C(=O)c1ccc(NC(=O)N2CCCC[C@@H]2CC(N)=O)cc1Cl. The first kappa shape index (κ1) is 19.1. The van der Waals surface area contributed by atoms with Crippen molar-refractivity contribution >= 4 is 35.1 Å². The Hall–Kier alpha value is -2.28. The van der Waals surface area contributed by atoms with Gasteiger partial charge in [-0.2, -0.15) is 0 Å². The standard InChI is InChI=1S/C17H23ClN4O3/c1-21(2)16(24)13-7-6-11(9-14(13)18)20-17(25)22-8-4-3-5-12(22)10-15(19)23/h6-7,9,12H,3-5,8,10H2,1-2H3,(H2,19,23)(H,20,25)/t12-/m1/s1. The lowest BCUT2D eigenvalue weighted by atomic mass is 9.99. The lowest BCUT2D eigenvalue weighted by Crippen LogP contribution is -2.47. The quantitative estimate of drug-likeness (QED) is 0.855. The minimum absolute atomic E-state index is 0.157. The zero-order valence-electron chi connectivity index (χ0n) is 14.4. The summed E-state index contributed by atoms with van der Waals surface area (Å²) >= 11 is 6.16. The molecule has 136 valence electrons. The second kappa shape index (κ2) is 8.20. The lowest BCUT2D eigenvalue weighted by molar-refractivity contribution is -0.119. The molecule has 25 heavy (non-hydrogen) atoms. The molecule has 1 aromatic rings. The number of nitrogens with zero attached hydrogens (tertiary/aromatic N) is 2. The Morgan fingerprint density at radius 2 is 2.04 bits per heavy atom. The van der Waals surface area contributed by atoms with Gasteiger partial charge in [-0.1, -0.05) is 11.6 Å². The fourth-order valence-corrected chi connectivity index (χ4v) is 3.18. The van der Waals surface area contributed by atoms with Crippen LogP contribution in [0.5, 0.6) is 0 Å². The highest BCUT2D eigenvalue weighted by atomic mass is 35.5. The largest absolute Gasteiger partial charge is 0.370 e. The number of urea groups is 1. The van der Waals surface area contributed by atoms with Gasteiger partial charge in [-0.05, 0) is 37.5 Å². The summed E-state index contributed by atoms with van der Waals surface area (Å²) in [6.45, 7) is 0.578. The Bertz CT molecular complexity index is 678. The summed E-state index contributed by atoms with van der Waals surface area (Å²) in [6.07, 6.45) is 2.77. The summed E-state index contributed by atoms with van der Waals surface area (Å²) in [5, 5.41) is 3.04. The smallest absolute Gasteiger partial charge is 0.322 e. The van der Waals surface area contributed by atoms with E-state index < -0.39 is 5.91 Å². The summed E-state index contributed by atoms with van der Waals surface area (Å²) in [6, 6.07) is 4.28. The first-order chi connectivity index (χ1) is 11.8. The van der Waals surface area contributed by atoms with Gasteiger partial charge in [0.25, 0.3) is 5.91 Å². The molecule has 2 rings (SSSR count). The summed E-state index contributed by atoms with van der Waals surface area (Å²) in [5.74, 6) is -0.625. The summed E-state index contributed by atoms with van der Waals surface area (Å²) in [5.41, 5.74) is 6.14. The number of carbonyl (C=O) groups excluding carboxylic acids is 3. The van der Waals surface area contributed by atoms with Crippen LogP contribution in [-0.4, -0.2) is 54.3 Å². The van der Waals surface area contributed by atoms with Crippen molar-refractivity contribution in [1.29, 1.82) is 0 Å². The van der Waals surface area contributed by atoms with Gasteiger partial charge in [-0.25, -0.2) is 4.79 Å². The van der Waals surface area contributed by atoms with Gasteiger partial charge in [0.1, 0.15) is 0 Å². The van der Waals surface area contributed by atoms with E-state index in [0.717, 1.165) is 19.3 Å². The van der Waals surface area contributed by atoms with Crippen LogP contribution < -0.4 is 11.1 Å². The molecule has 1 aliphatic rings. The Labute approximate surface area is 152 Å². The van der Waals surface area contributed by atoms with E-state index in [4.69, 9.17) is 17.3 Å². The van der Waals surface area contributed by atoms with Crippen LogP contribution in [0.25, 0.3) is 0 Å². The third kappa shape index (κ3) is 4.85. The van der Waals surface area contributed by atoms with Gasteiger partial charge in [0.2, 0.25) is 5.91 Å². The van der Waals surface area contributed by atoms with E-state index >= 15 is 0 Å². The maximum Gasteiger partial charge on any atom is 0.322 e. The number of carbonyl (C=O) groups is 3. The Morgan fingerprint density at radius 1 is 1.32 bits per heavy atom. The van der Waals surface area contributed by atoms with Crippen molar-refractivity contribution in [3.8, 4) is 0 Å². The number of nitrogens with one attached hydrogen (secondary N) is 1. The Balaban J connectivity index is 2.10. The molecule has 1 atom stereocenters. The summed E-state index contributed by atoms with van der Waals surface area (Å²) < 4.78 is 0. The average molecular weight is 367 g/mol. The highest BCUT2D eigenvalue weighted by Crippen LogP contribution is 2.24. The number of piperidine rings is 1. The van der Waals surface area contributed by atoms with Crippen LogP contribution in [0.1, 0.15) is 36.0 Å². The van der Waals surface area contributed by atoms with Crippen molar-refractivity contribution in [1.82, 2.24) is 9.80 Å². The summed E-state index contributed by atoms with van der Waals surface area (Å²) in [7, 11) is 3.28. The number of halogens is 1. The molecular formula is C17H23ClN4O3. The summed E-state index contributed by atoms with van der Waals surface area (Å²) in [4.78, 5) is 38.8. The molecule has 0 radical (unpaired) electrons. The molecule has 1 saturated heterocycles. The van der Waals surface area contributed by atoms with E-state index in [1.54, 1.807) is 37.2 Å². The number of rotatable bonds is 4. The number of likely N-dealkylation sites (tertiary alicyclic amines) is 1. The highest BCUT2D eigenvalue weighted by Gasteiger charge is 2.28. The molecule has 4 amide bonds. The molecule has 1 heterocycles. The van der Waals surface area contributed by atoms with E-state index in [2.05, 4.69) is 5.32 Å². The first-order valence-electron chi connectivity index (χ1n) is 8.16. The topological polar surface area (TPSA) is 95.7 Å². The zero-order valence-corrected chi connectivity index (χ0v) is 15.2. The second-order valence-electron chi connectivity index (χ2n) is 6.34. The highest BCUT2D eigenvalue weighted by molar-refractivity contribution is 6.34. The van der Waals surface area contributed by atoms with E-state index in [9.17, 15) is 14.4 Å². The van der Waals surface area contributed by atoms with Gasteiger partial charge >= 0.3 is 6.03 Å². The minimum Gasteiger partial charge on any atom is -0.370 e. The molecular weight excluding hydrogens is 344 g/mol. The number of amides is 4. The number of anilines is 1. The van der Waals surface area contributed by atoms with E-state index in [1.807, 2.05) is 0 Å². The molecule has 0 unspecified atom stereocenters. The van der Waals surface area contributed by atoms with Gasteiger partial charge < -0.3 is 20.9 Å². The van der Waals surface area contributed by atoms with Crippen LogP contribution >= 0.6 is 11.6 Å². The van der Waals surface area contributed by atoms with Crippen molar-refractivity contribution < 1.29 is 14.4 Å². The molecule has 0 spiro atoms. The molecule has 0 saturated carbocycles. The van der Waals surface area contributed by atoms with Gasteiger partial charge in [-0.15, -0.1) is 0 Å². The molecule has 1 aliphatic heterocycles. The van der Waals surface area contributed by atoms with Crippen molar-refractivity contribution in [2.45, 2.75) is 31.7 Å². The number of hydrogen-bond acceptors (Lipinski definition) is 3. The van der Waals surface area contributed by atoms with Crippen molar-refractivity contribution in [3.05, 3.63) is 28.8 Å². The van der Waals surface area contributed by atoms with Gasteiger partial charge in [0.05, 0.1) is 10.6 Å². The van der Waals surface area contributed by atoms with Crippen LogP contribution in [0, 0.1) is 0 Å². The normalized spacial score (nSPS) is 17.1. The molecule has 1 aromatic carbocycles. The minimum atomic E-state index is -0.417. The van der Waals surface area contributed by atoms with Crippen LogP contribution in [0.2, 0.25) is 5.02 Å². The fraction of sp³-hybridized carbons (Fsp3) is 0.471. The predicted molar refractivity (Wildman–Crippen MR) is 96.6 cm³/mol. The Morgan fingerprint density at radius 3 is 2.64 bits per heavy atom. The van der Waals surface area contributed by atoms with Gasteiger partial charge in [-0.3, -0.25) is 9.59 Å². The number of nitrogens with two attached hydrogens (primary N) is 1. The van der Waals surface area contributed by atoms with Crippen molar-refractivity contribution in [2.75, 3.05) is 26.0 Å². The third-order valence-corrected chi connectivity index (χ3v) is 4.49. The number of benzene rings is 1.